The predicted molar refractivity (Wildman–Crippen MR) is 82.2 cm³/mol. The fourth-order valence-electron chi connectivity index (χ4n) is 2.24. The van der Waals surface area contributed by atoms with Crippen molar-refractivity contribution in [1.29, 1.82) is 0 Å². The van der Waals surface area contributed by atoms with Gasteiger partial charge in [0.1, 0.15) is 6.10 Å². The Bertz CT molecular complexity index is 223. The molecule has 0 aliphatic heterocycles. The van der Waals surface area contributed by atoms with Crippen LogP contribution < -0.4 is 0 Å². The van der Waals surface area contributed by atoms with Gasteiger partial charge in [-0.25, -0.2) is 4.79 Å². The van der Waals surface area contributed by atoms with Crippen LogP contribution in [0.25, 0.3) is 0 Å². The van der Waals surface area contributed by atoms with Crippen molar-refractivity contribution in [3.63, 3.8) is 0 Å². The van der Waals surface area contributed by atoms with E-state index in [0.717, 1.165) is 25.7 Å². The second-order valence-corrected chi connectivity index (χ2v) is 5.32. The van der Waals surface area contributed by atoms with E-state index in [1.54, 1.807) is 0 Å². The van der Waals surface area contributed by atoms with Gasteiger partial charge in [-0.3, -0.25) is 0 Å². The summed E-state index contributed by atoms with van der Waals surface area (Å²) in [7, 11) is 0. The fourth-order valence-corrected chi connectivity index (χ4v) is 2.24. The van der Waals surface area contributed by atoms with Crippen molar-refractivity contribution in [3.05, 3.63) is 12.7 Å². The highest BCUT2D eigenvalue weighted by Crippen LogP contribution is 2.15. The van der Waals surface area contributed by atoms with Crippen LogP contribution in [0.4, 0.5) is 0 Å². The van der Waals surface area contributed by atoms with E-state index in [0.29, 0.717) is 0 Å². The maximum absolute atomic E-state index is 11.3. The Morgan fingerprint density at radius 3 is 2.05 bits per heavy atom. The smallest absolute Gasteiger partial charge is 0.330 e. The summed E-state index contributed by atoms with van der Waals surface area (Å²) in [5.74, 6) is -0.274. The molecule has 0 aromatic heterocycles. The first-order valence-electron chi connectivity index (χ1n) is 8.07. The highest BCUT2D eigenvalue weighted by molar-refractivity contribution is 5.81. The molecule has 0 saturated carbocycles. The van der Waals surface area contributed by atoms with Crippen LogP contribution in [-0.2, 0) is 9.53 Å². The Balaban J connectivity index is 3.66. The average molecular weight is 268 g/mol. The topological polar surface area (TPSA) is 26.3 Å². The third-order valence-electron chi connectivity index (χ3n) is 3.46. The number of esters is 1. The van der Waals surface area contributed by atoms with Crippen molar-refractivity contribution in [3.8, 4) is 0 Å². The molecule has 0 aliphatic carbocycles. The number of hydrogen-bond acceptors (Lipinski definition) is 2. The van der Waals surface area contributed by atoms with Gasteiger partial charge in [-0.2, -0.15) is 0 Å². The molecule has 2 nitrogen and oxygen atoms in total. The Labute approximate surface area is 119 Å². The van der Waals surface area contributed by atoms with Gasteiger partial charge in [-0.15, -0.1) is 0 Å². The molecule has 0 bridgehead atoms. The maximum atomic E-state index is 11.3. The highest BCUT2D eigenvalue weighted by atomic mass is 16.5. The third-order valence-corrected chi connectivity index (χ3v) is 3.46. The van der Waals surface area contributed by atoms with Crippen LogP contribution >= 0.6 is 0 Å². The van der Waals surface area contributed by atoms with Gasteiger partial charge < -0.3 is 4.74 Å². The summed E-state index contributed by atoms with van der Waals surface area (Å²) in [5, 5.41) is 0. The molecule has 0 N–H and O–H groups in total. The zero-order valence-corrected chi connectivity index (χ0v) is 13.0. The van der Waals surface area contributed by atoms with Crippen molar-refractivity contribution in [2.75, 3.05) is 0 Å². The first kappa shape index (κ1) is 18.2. The number of rotatable bonds is 13. The Morgan fingerprint density at radius 1 is 0.947 bits per heavy atom. The van der Waals surface area contributed by atoms with Gasteiger partial charge in [0.05, 0.1) is 0 Å². The lowest BCUT2D eigenvalue weighted by atomic mass is 10.0. The van der Waals surface area contributed by atoms with Gasteiger partial charge in [-0.1, -0.05) is 71.8 Å². The normalized spacial score (nSPS) is 12.1. The van der Waals surface area contributed by atoms with E-state index in [-0.39, 0.29) is 12.1 Å². The number of unbranched alkanes of at least 4 members (excludes halogenated alkanes) is 7. The molecule has 0 rings (SSSR count). The Kier molecular flexibility index (Phi) is 13.1. The molecular formula is C17H32O2. The van der Waals surface area contributed by atoms with Crippen LogP contribution in [0.5, 0.6) is 0 Å². The predicted octanol–water partition coefficient (Wildman–Crippen LogP) is 5.42. The van der Waals surface area contributed by atoms with Crippen LogP contribution in [0, 0.1) is 0 Å². The Hall–Kier alpha value is -0.790. The first-order valence-corrected chi connectivity index (χ1v) is 8.07. The van der Waals surface area contributed by atoms with Crippen molar-refractivity contribution < 1.29 is 9.53 Å². The second kappa shape index (κ2) is 13.6. The second-order valence-electron chi connectivity index (χ2n) is 5.32. The summed E-state index contributed by atoms with van der Waals surface area (Å²) < 4.78 is 5.39. The van der Waals surface area contributed by atoms with Gasteiger partial charge in [-0.05, 0) is 19.3 Å². The molecule has 0 aromatic carbocycles. The largest absolute Gasteiger partial charge is 0.459 e. The van der Waals surface area contributed by atoms with E-state index in [1.807, 2.05) is 0 Å². The van der Waals surface area contributed by atoms with Gasteiger partial charge >= 0.3 is 5.97 Å². The maximum Gasteiger partial charge on any atom is 0.330 e. The van der Waals surface area contributed by atoms with Crippen molar-refractivity contribution in [2.45, 2.75) is 90.6 Å². The molecule has 0 aliphatic rings. The molecular weight excluding hydrogens is 236 g/mol. The molecule has 1 atom stereocenters. The summed E-state index contributed by atoms with van der Waals surface area (Å²) in [6.07, 6.45) is 14.8. The summed E-state index contributed by atoms with van der Waals surface area (Å²) >= 11 is 0. The average Bonchev–Trinajstić information content (AvgIpc) is 2.43. The standard InChI is InChI=1S/C17H32O2/c1-4-7-9-10-11-12-13-15-16(14-8-5-2)19-17(18)6-3/h6,16H,3-5,7-15H2,1-2H3. The lowest BCUT2D eigenvalue weighted by Crippen LogP contribution is -2.16. The highest BCUT2D eigenvalue weighted by Gasteiger charge is 2.11. The SMILES string of the molecule is C=CC(=O)OC(CCCC)CCCCCCCCC. The van der Waals surface area contributed by atoms with E-state index in [2.05, 4.69) is 20.4 Å². The Morgan fingerprint density at radius 2 is 1.47 bits per heavy atom. The van der Waals surface area contributed by atoms with E-state index >= 15 is 0 Å². The van der Waals surface area contributed by atoms with Crippen LogP contribution in [0.15, 0.2) is 12.7 Å². The van der Waals surface area contributed by atoms with Crippen LogP contribution in [0.1, 0.15) is 84.5 Å². The molecule has 0 radical (unpaired) electrons. The minimum atomic E-state index is -0.274. The van der Waals surface area contributed by atoms with Crippen molar-refractivity contribution >= 4 is 5.97 Å². The molecule has 0 aromatic rings. The van der Waals surface area contributed by atoms with Gasteiger partial charge in [0.15, 0.2) is 0 Å². The third kappa shape index (κ3) is 12.0. The van der Waals surface area contributed by atoms with Crippen molar-refractivity contribution in [1.82, 2.24) is 0 Å². The zero-order valence-electron chi connectivity index (χ0n) is 13.0. The van der Waals surface area contributed by atoms with E-state index in [1.165, 1.54) is 51.0 Å². The summed E-state index contributed by atoms with van der Waals surface area (Å²) in [4.78, 5) is 11.3. The summed E-state index contributed by atoms with van der Waals surface area (Å²) in [6, 6.07) is 0. The monoisotopic (exact) mass is 268 g/mol. The van der Waals surface area contributed by atoms with E-state index < -0.39 is 0 Å². The molecule has 0 spiro atoms. The molecule has 1 unspecified atom stereocenters. The molecule has 0 amide bonds. The van der Waals surface area contributed by atoms with Crippen LogP contribution in [0.3, 0.4) is 0 Å². The molecule has 2 heteroatoms. The molecule has 19 heavy (non-hydrogen) atoms. The van der Waals surface area contributed by atoms with Gasteiger partial charge in [0.2, 0.25) is 0 Å². The van der Waals surface area contributed by atoms with E-state index in [4.69, 9.17) is 4.74 Å². The van der Waals surface area contributed by atoms with Gasteiger partial charge in [0.25, 0.3) is 0 Å². The molecule has 112 valence electrons. The number of ether oxygens (including phenoxy) is 1. The van der Waals surface area contributed by atoms with Gasteiger partial charge in [0, 0.05) is 6.08 Å². The minimum absolute atomic E-state index is 0.0982. The quantitative estimate of drug-likeness (QED) is 0.253. The fraction of sp³-hybridized carbons (Fsp3) is 0.824. The minimum Gasteiger partial charge on any atom is -0.459 e. The summed E-state index contributed by atoms with van der Waals surface area (Å²) in [5.41, 5.74) is 0. The lowest BCUT2D eigenvalue weighted by Gasteiger charge is -2.16. The summed E-state index contributed by atoms with van der Waals surface area (Å²) in [6.45, 7) is 7.87. The number of hydrogen-bond donors (Lipinski definition) is 0. The van der Waals surface area contributed by atoms with Crippen molar-refractivity contribution in [2.24, 2.45) is 0 Å². The van der Waals surface area contributed by atoms with E-state index in [9.17, 15) is 4.79 Å². The zero-order chi connectivity index (χ0) is 14.3. The number of carbonyl (C=O) groups is 1. The lowest BCUT2D eigenvalue weighted by molar-refractivity contribution is -0.143. The van der Waals surface area contributed by atoms with Crippen LogP contribution in [-0.4, -0.2) is 12.1 Å². The number of carbonyl (C=O) groups excluding carboxylic acids is 1. The van der Waals surface area contributed by atoms with Crippen LogP contribution in [0.2, 0.25) is 0 Å². The molecule has 0 fully saturated rings. The molecule has 0 saturated heterocycles. The molecule has 0 heterocycles. The first-order chi connectivity index (χ1) is 9.24.